The second kappa shape index (κ2) is 2.62. The SMILES string of the molecule is CC(OO)[Si](C)(C)C. The molecule has 0 aliphatic carbocycles. The average Bonchev–Trinajstić information content (AvgIpc) is 1.62. The first-order valence-corrected chi connectivity index (χ1v) is 6.36. The zero-order valence-electron chi connectivity index (χ0n) is 5.93. The first-order chi connectivity index (χ1) is 3.48. The summed E-state index contributed by atoms with van der Waals surface area (Å²) in [6.45, 7) is 8.34. The van der Waals surface area contributed by atoms with Gasteiger partial charge < -0.3 is 0 Å². The van der Waals surface area contributed by atoms with E-state index in [4.69, 9.17) is 5.26 Å². The molecule has 0 aliphatic rings. The molecular formula is C5H14O2Si. The van der Waals surface area contributed by atoms with E-state index in [1.54, 1.807) is 0 Å². The smallest absolute Gasteiger partial charge is 0.0823 e. The van der Waals surface area contributed by atoms with Crippen molar-refractivity contribution in [1.82, 2.24) is 0 Å². The van der Waals surface area contributed by atoms with Gasteiger partial charge in [-0.05, 0) is 6.92 Å². The number of rotatable bonds is 2. The molecule has 0 radical (unpaired) electrons. The molecule has 0 spiro atoms. The lowest BCUT2D eigenvalue weighted by molar-refractivity contribution is -0.254. The highest BCUT2D eigenvalue weighted by molar-refractivity contribution is 6.77. The Labute approximate surface area is 51.4 Å². The maximum atomic E-state index is 8.21. The first-order valence-electron chi connectivity index (χ1n) is 2.78. The van der Waals surface area contributed by atoms with Crippen molar-refractivity contribution in [2.24, 2.45) is 0 Å². The van der Waals surface area contributed by atoms with Crippen molar-refractivity contribution >= 4 is 8.07 Å². The van der Waals surface area contributed by atoms with Crippen LogP contribution >= 0.6 is 0 Å². The van der Waals surface area contributed by atoms with Crippen molar-refractivity contribution in [2.75, 3.05) is 0 Å². The maximum absolute atomic E-state index is 8.21. The van der Waals surface area contributed by atoms with Crippen LogP contribution in [0.15, 0.2) is 0 Å². The Kier molecular flexibility index (Phi) is 2.66. The van der Waals surface area contributed by atoms with Crippen LogP contribution in [0, 0.1) is 0 Å². The quantitative estimate of drug-likeness (QED) is 0.354. The minimum absolute atomic E-state index is 0.0440. The lowest BCUT2D eigenvalue weighted by atomic mass is 10.9. The summed E-state index contributed by atoms with van der Waals surface area (Å²) in [7, 11) is -1.23. The van der Waals surface area contributed by atoms with E-state index in [1.165, 1.54) is 0 Å². The summed E-state index contributed by atoms with van der Waals surface area (Å²) < 4.78 is 0. The van der Waals surface area contributed by atoms with Gasteiger partial charge in [0.15, 0.2) is 0 Å². The fourth-order valence-electron chi connectivity index (χ4n) is 0.158. The molecule has 0 saturated carbocycles. The van der Waals surface area contributed by atoms with Gasteiger partial charge in [0.1, 0.15) is 0 Å². The zero-order chi connectivity index (χ0) is 6.78. The predicted molar refractivity (Wildman–Crippen MR) is 36.5 cm³/mol. The Bertz CT molecular complexity index is 67.3. The van der Waals surface area contributed by atoms with Crippen molar-refractivity contribution in [1.29, 1.82) is 0 Å². The molecule has 0 aromatic heterocycles. The number of hydrogen-bond donors (Lipinski definition) is 1. The molecule has 0 fully saturated rings. The Morgan fingerprint density at radius 1 is 1.38 bits per heavy atom. The van der Waals surface area contributed by atoms with E-state index in [9.17, 15) is 0 Å². The third-order valence-corrected chi connectivity index (χ3v) is 3.92. The van der Waals surface area contributed by atoms with Gasteiger partial charge in [-0.1, -0.05) is 19.6 Å². The molecule has 1 atom stereocenters. The van der Waals surface area contributed by atoms with Crippen LogP contribution in [0.1, 0.15) is 6.92 Å². The third kappa shape index (κ3) is 2.45. The predicted octanol–water partition coefficient (Wildman–Crippen LogP) is 1.74. The van der Waals surface area contributed by atoms with E-state index in [2.05, 4.69) is 24.5 Å². The van der Waals surface area contributed by atoms with Gasteiger partial charge in [0.05, 0.1) is 13.8 Å². The summed E-state index contributed by atoms with van der Waals surface area (Å²) in [6.07, 6.45) is 0. The molecule has 0 amide bonds. The molecule has 1 unspecified atom stereocenters. The monoisotopic (exact) mass is 134 g/mol. The second-order valence-electron chi connectivity index (χ2n) is 3.11. The fraction of sp³-hybridized carbons (Fsp3) is 1.00. The number of hydrogen-bond acceptors (Lipinski definition) is 2. The van der Waals surface area contributed by atoms with E-state index in [0.717, 1.165) is 0 Å². The molecule has 0 aliphatic heterocycles. The van der Waals surface area contributed by atoms with Gasteiger partial charge in [0.2, 0.25) is 0 Å². The Morgan fingerprint density at radius 3 is 1.75 bits per heavy atom. The summed E-state index contributed by atoms with van der Waals surface area (Å²) in [5.74, 6) is 0. The molecule has 0 aromatic rings. The molecule has 0 saturated heterocycles. The van der Waals surface area contributed by atoms with Gasteiger partial charge in [0, 0.05) is 0 Å². The fourth-order valence-corrected chi connectivity index (χ4v) is 0.474. The van der Waals surface area contributed by atoms with Crippen LogP contribution in [-0.4, -0.2) is 19.1 Å². The topological polar surface area (TPSA) is 29.5 Å². The molecule has 0 bridgehead atoms. The molecule has 50 valence electrons. The molecule has 3 heteroatoms. The highest BCUT2D eigenvalue weighted by atomic mass is 28.3. The molecule has 1 N–H and O–H groups in total. The normalized spacial score (nSPS) is 16.1. The zero-order valence-corrected chi connectivity index (χ0v) is 6.93. The average molecular weight is 134 g/mol. The second-order valence-corrected chi connectivity index (χ2v) is 8.66. The van der Waals surface area contributed by atoms with Gasteiger partial charge in [-0.25, -0.2) is 4.89 Å². The summed E-state index contributed by atoms with van der Waals surface area (Å²) in [4.78, 5) is 4.18. The van der Waals surface area contributed by atoms with Gasteiger partial charge in [0.25, 0.3) is 0 Å². The minimum Gasteiger partial charge on any atom is -0.252 e. The lowest BCUT2D eigenvalue weighted by Gasteiger charge is -2.20. The standard InChI is InChI=1S/C5H14O2Si/c1-5(7-6)8(2,3)4/h5-6H,1-4H3. The lowest BCUT2D eigenvalue weighted by Crippen LogP contribution is -2.37. The summed E-state index contributed by atoms with van der Waals surface area (Å²) in [5, 5.41) is 8.21. The van der Waals surface area contributed by atoms with Crippen LogP contribution in [0.3, 0.4) is 0 Å². The molecule has 0 heterocycles. The first kappa shape index (κ1) is 8.14. The van der Waals surface area contributed by atoms with Crippen LogP contribution in [0.25, 0.3) is 0 Å². The third-order valence-electron chi connectivity index (χ3n) is 1.38. The molecule has 0 aromatic carbocycles. The van der Waals surface area contributed by atoms with Crippen molar-refractivity contribution < 1.29 is 10.1 Å². The van der Waals surface area contributed by atoms with Crippen molar-refractivity contribution in [3.05, 3.63) is 0 Å². The highest BCUT2D eigenvalue weighted by Gasteiger charge is 2.22. The van der Waals surface area contributed by atoms with Crippen LogP contribution < -0.4 is 0 Å². The van der Waals surface area contributed by atoms with Gasteiger partial charge in [-0.15, -0.1) is 0 Å². The Morgan fingerprint density at radius 2 is 1.75 bits per heavy atom. The van der Waals surface area contributed by atoms with E-state index in [-0.39, 0.29) is 5.73 Å². The van der Waals surface area contributed by atoms with E-state index >= 15 is 0 Å². The van der Waals surface area contributed by atoms with Crippen LogP contribution in [-0.2, 0) is 4.89 Å². The maximum Gasteiger partial charge on any atom is 0.0823 e. The Hall–Kier alpha value is 0.137. The molecule has 0 rings (SSSR count). The van der Waals surface area contributed by atoms with Gasteiger partial charge in [-0.3, -0.25) is 5.26 Å². The summed E-state index contributed by atoms with van der Waals surface area (Å²) in [5.41, 5.74) is 0.0440. The van der Waals surface area contributed by atoms with Crippen molar-refractivity contribution in [2.45, 2.75) is 32.3 Å². The molecule has 2 nitrogen and oxygen atoms in total. The van der Waals surface area contributed by atoms with Crippen molar-refractivity contribution in [3.8, 4) is 0 Å². The van der Waals surface area contributed by atoms with Crippen molar-refractivity contribution in [3.63, 3.8) is 0 Å². The van der Waals surface area contributed by atoms with Crippen LogP contribution in [0.2, 0.25) is 19.6 Å². The Balaban J connectivity index is 3.62. The van der Waals surface area contributed by atoms with Gasteiger partial charge >= 0.3 is 0 Å². The summed E-state index contributed by atoms with van der Waals surface area (Å²) >= 11 is 0. The molecule has 8 heavy (non-hydrogen) atoms. The molecular weight excluding hydrogens is 120 g/mol. The highest BCUT2D eigenvalue weighted by Crippen LogP contribution is 2.08. The van der Waals surface area contributed by atoms with E-state index in [1.807, 2.05) is 6.92 Å². The summed E-state index contributed by atoms with van der Waals surface area (Å²) in [6, 6.07) is 0. The van der Waals surface area contributed by atoms with E-state index in [0.29, 0.717) is 0 Å². The largest absolute Gasteiger partial charge is 0.252 e. The van der Waals surface area contributed by atoms with Crippen LogP contribution in [0.5, 0.6) is 0 Å². The van der Waals surface area contributed by atoms with Crippen LogP contribution in [0.4, 0.5) is 0 Å². The minimum atomic E-state index is -1.23. The van der Waals surface area contributed by atoms with E-state index < -0.39 is 8.07 Å². The van der Waals surface area contributed by atoms with Gasteiger partial charge in [-0.2, -0.15) is 0 Å².